The van der Waals surface area contributed by atoms with E-state index >= 15 is 0 Å². The molecule has 1 fully saturated rings. The van der Waals surface area contributed by atoms with Crippen LogP contribution in [0.4, 0.5) is 17.6 Å². The fraction of sp³-hybridized carbons (Fsp3) is 0.586. The molecule has 1 aromatic carbocycles. The molecule has 39 heavy (non-hydrogen) atoms. The lowest BCUT2D eigenvalue weighted by atomic mass is 9.68. The second-order valence-corrected chi connectivity index (χ2v) is 11.8. The minimum atomic E-state index is -4.83. The molecular weight excluding hydrogens is 518 g/mol. The number of esters is 1. The predicted molar refractivity (Wildman–Crippen MR) is 132 cm³/mol. The van der Waals surface area contributed by atoms with E-state index < -0.39 is 52.9 Å². The average Bonchev–Trinajstić information content (AvgIpc) is 3.14. The number of ether oxygens (including phenoxy) is 3. The molecule has 6 nitrogen and oxygen atoms in total. The summed E-state index contributed by atoms with van der Waals surface area (Å²) in [4.78, 5) is 17.1. The van der Waals surface area contributed by atoms with Crippen molar-refractivity contribution in [3.05, 3.63) is 63.2 Å². The standard InChI is InChI=1S/C29H33F4NO5/c1-14(2)23-21-22(20-19(36)13-27(4,5)26(24(20)34-23)38-15(3)35)28(8-10-37-11-9-28)39-25(21)16-6-7-17(18(30)12-16)29(31,32)33/h6-7,12,14,19,25-26,36H,8-11,13H2,1-5H3/t19-,25+,26+/m0/s1. The first kappa shape index (κ1) is 28.0. The van der Waals surface area contributed by atoms with Crippen LogP contribution in [0, 0.1) is 11.2 Å². The van der Waals surface area contributed by atoms with Gasteiger partial charge in [0.25, 0.3) is 0 Å². The topological polar surface area (TPSA) is 77.9 Å². The van der Waals surface area contributed by atoms with Crippen LogP contribution in [0.5, 0.6) is 0 Å². The number of hydrogen-bond acceptors (Lipinski definition) is 6. The Kier molecular flexibility index (Phi) is 6.83. The van der Waals surface area contributed by atoms with Gasteiger partial charge in [0, 0.05) is 55.2 Å². The number of rotatable bonds is 3. The number of benzene rings is 1. The molecule has 1 aromatic heterocycles. The molecule has 2 aliphatic heterocycles. The third kappa shape index (κ3) is 4.64. The van der Waals surface area contributed by atoms with Gasteiger partial charge in [-0.15, -0.1) is 0 Å². The first-order valence-electron chi connectivity index (χ1n) is 13.2. The zero-order chi connectivity index (χ0) is 28.5. The molecule has 3 aliphatic rings. The summed E-state index contributed by atoms with van der Waals surface area (Å²) in [5, 5.41) is 11.5. The second-order valence-electron chi connectivity index (χ2n) is 11.8. The van der Waals surface area contributed by atoms with Crippen LogP contribution in [0.2, 0.25) is 0 Å². The maximum atomic E-state index is 14.8. The first-order valence-corrected chi connectivity index (χ1v) is 13.2. The number of pyridine rings is 1. The number of aromatic nitrogens is 1. The summed E-state index contributed by atoms with van der Waals surface area (Å²) in [5.41, 5.74) is 0.274. The Morgan fingerprint density at radius 2 is 1.85 bits per heavy atom. The summed E-state index contributed by atoms with van der Waals surface area (Å²) >= 11 is 0. The lowest BCUT2D eigenvalue weighted by molar-refractivity contribution is -0.157. The van der Waals surface area contributed by atoms with Crippen molar-refractivity contribution in [2.75, 3.05) is 13.2 Å². The van der Waals surface area contributed by atoms with Crippen molar-refractivity contribution in [3.63, 3.8) is 0 Å². The van der Waals surface area contributed by atoms with E-state index in [1.807, 2.05) is 27.7 Å². The highest BCUT2D eigenvalue weighted by atomic mass is 19.4. The molecule has 0 amide bonds. The highest BCUT2D eigenvalue weighted by Crippen LogP contribution is 2.60. The fourth-order valence-electron chi connectivity index (χ4n) is 6.42. The molecule has 1 aliphatic carbocycles. The SMILES string of the molecule is CC(=O)O[C@@H]1c2nc(C(C)C)c3c(c2[C@@H](O)CC1(C)C)C1(CCOCC1)O[C@@H]3c1ccc(C(F)(F)F)c(F)c1. The van der Waals surface area contributed by atoms with Crippen LogP contribution in [-0.4, -0.2) is 29.3 Å². The number of carbonyl (C=O) groups is 1. The zero-order valence-electron chi connectivity index (χ0n) is 22.6. The fourth-order valence-corrected chi connectivity index (χ4v) is 6.42. The van der Waals surface area contributed by atoms with Gasteiger partial charge in [0.2, 0.25) is 0 Å². The van der Waals surface area contributed by atoms with Crippen LogP contribution >= 0.6 is 0 Å². The van der Waals surface area contributed by atoms with E-state index in [2.05, 4.69) is 0 Å². The molecule has 0 radical (unpaired) electrons. The van der Waals surface area contributed by atoms with Crippen LogP contribution in [0.1, 0.15) is 117 Å². The van der Waals surface area contributed by atoms with E-state index in [-0.39, 0.29) is 11.5 Å². The molecule has 2 aromatic rings. The summed E-state index contributed by atoms with van der Waals surface area (Å²) in [5.74, 6) is -2.02. The van der Waals surface area contributed by atoms with Crippen LogP contribution in [0.15, 0.2) is 18.2 Å². The molecule has 5 rings (SSSR count). The molecular formula is C29H33F4NO5. The Labute approximate surface area is 224 Å². The second kappa shape index (κ2) is 9.52. The quantitative estimate of drug-likeness (QED) is 0.344. The molecule has 0 bridgehead atoms. The van der Waals surface area contributed by atoms with Gasteiger partial charge in [-0.25, -0.2) is 4.39 Å². The third-order valence-corrected chi connectivity index (χ3v) is 8.14. The maximum Gasteiger partial charge on any atom is 0.419 e. The molecule has 0 saturated carbocycles. The minimum Gasteiger partial charge on any atom is -0.455 e. The van der Waals surface area contributed by atoms with Gasteiger partial charge in [0.1, 0.15) is 18.0 Å². The van der Waals surface area contributed by atoms with Crippen molar-refractivity contribution in [3.8, 4) is 0 Å². The van der Waals surface area contributed by atoms with E-state index in [1.165, 1.54) is 13.0 Å². The van der Waals surface area contributed by atoms with Crippen molar-refractivity contribution in [1.82, 2.24) is 4.98 Å². The van der Waals surface area contributed by atoms with Crippen molar-refractivity contribution in [2.45, 2.75) is 89.9 Å². The van der Waals surface area contributed by atoms with E-state index in [1.54, 1.807) is 0 Å². The van der Waals surface area contributed by atoms with Crippen molar-refractivity contribution in [1.29, 1.82) is 0 Å². The number of carbonyl (C=O) groups excluding carboxylic acids is 1. The largest absolute Gasteiger partial charge is 0.455 e. The van der Waals surface area contributed by atoms with Crippen molar-refractivity contribution >= 4 is 5.97 Å². The molecule has 1 spiro atoms. The minimum absolute atomic E-state index is 0.162. The van der Waals surface area contributed by atoms with Crippen molar-refractivity contribution < 1.29 is 41.7 Å². The molecule has 1 N–H and O–H groups in total. The number of halogens is 4. The number of nitrogens with zero attached hydrogens (tertiary/aromatic N) is 1. The first-order chi connectivity index (χ1) is 18.2. The van der Waals surface area contributed by atoms with E-state index in [9.17, 15) is 27.5 Å². The van der Waals surface area contributed by atoms with Gasteiger partial charge >= 0.3 is 12.1 Å². The summed E-state index contributed by atoms with van der Waals surface area (Å²) in [6, 6.07) is 2.85. The highest BCUT2D eigenvalue weighted by Gasteiger charge is 2.54. The van der Waals surface area contributed by atoms with Gasteiger partial charge in [-0.1, -0.05) is 33.8 Å². The Bertz CT molecular complexity index is 1300. The Morgan fingerprint density at radius 3 is 2.41 bits per heavy atom. The van der Waals surface area contributed by atoms with Crippen molar-refractivity contribution in [2.24, 2.45) is 5.41 Å². The Balaban J connectivity index is 1.80. The highest BCUT2D eigenvalue weighted by molar-refractivity contribution is 5.67. The van der Waals surface area contributed by atoms with Crippen LogP contribution in [-0.2, 0) is 30.8 Å². The average molecular weight is 552 g/mol. The Morgan fingerprint density at radius 1 is 1.18 bits per heavy atom. The molecule has 212 valence electrons. The maximum absolute atomic E-state index is 14.8. The van der Waals surface area contributed by atoms with Gasteiger partial charge in [-0.05, 0) is 35.6 Å². The number of fused-ring (bicyclic) bond motifs is 4. The number of hydrogen-bond donors (Lipinski definition) is 1. The summed E-state index contributed by atoms with van der Waals surface area (Å²) < 4.78 is 72.8. The van der Waals surface area contributed by atoms with E-state index in [0.717, 1.165) is 12.1 Å². The lowest BCUT2D eigenvalue weighted by Crippen LogP contribution is -2.39. The molecule has 1 saturated heterocycles. The Hall–Kier alpha value is -2.56. The van der Waals surface area contributed by atoms with Crippen LogP contribution in [0.3, 0.4) is 0 Å². The number of aliphatic hydroxyl groups is 1. The van der Waals surface area contributed by atoms with E-state index in [0.29, 0.717) is 60.6 Å². The van der Waals surface area contributed by atoms with Gasteiger partial charge in [0.05, 0.1) is 23.0 Å². The van der Waals surface area contributed by atoms with Gasteiger partial charge in [-0.3, -0.25) is 9.78 Å². The summed E-state index contributed by atoms with van der Waals surface area (Å²) in [7, 11) is 0. The van der Waals surface area contributed by atoms with Crippen LogP contribution < -0.4 is 0 Å². The van der Waals surface area contributed by atoms with E-state index in [4.69, 9.17) is 19.2 Å². The summed E-state index contributed by atoms with van der Waals surface area (Å²) in [6.07, 6.45) is -6.25. The molecule has 10 heteroatoms. The smallest absolute Gasteiger partial charge is 0.419 e. The lowest BCUT2D eigenvalue weighted by Gasteiger charge is -2.43. The van der Waals surface area contributed by atoms with Gasteiger partial charge in [-0.2, -0.15) is 13.2 Å². The van der Waals surface area contributed by atoms with Gasteiger partial charge in [0.15, 0.2) is 0 Å². The summed E-state index contributed by atoms with van der Waals surface area (Å²) in [6.45, 7) is 9.75. The number of alkyl halides is 3. The third-order valence-electron chi connectivity index (χ3n) is 8.14. The van der Waals surface area contributed by atoms with Crippen LogP contribution in [0.25, 0.3) is 0 Å². The molecule has 3 atom stereocenters. The zero-order valence-corrected chi connectivity index (χ0v) is 22.6. The normalized spacial score (nSPS) is 25.5. The number of aliphatic hydroxyl groups excluding tert-OH is 1. The predicted octanol–water partition coefficient (Wildman–Crippen LogP) is 6.56. The van der Waals surface area contributed by atoms with Gasteiger partial charge < -0.3 is 19.3 Å². The monoisotopic (exact) mass is 551 g/mol. The molecule has 0 unspecified atom stereocenters. The molecule has 3 heterocycles.